The summed E-state index contributed by atoms with van der Waals surface area (Å²) in [6.45, 7) is 2.37. The highest BCUT2D eigenvalue weighted by Crippen LogP contribution is 2.35. The van der Waals surface area contributed by atoms with Crippen molar-refractivity contribution in [2.45, 2.75) is 11.5 Å². The molecule has 1 fully saturated rings. The predicted octanol–water partition coefficient (Wildman–Crippen LogP) is 3.44. The van der Waals surface area contributed by atoms with E-state index in [9.17, 15) is 13.2 Å². The van der Waals surface area contributed by atoms with E-state index in [2.05, 4.69) is 15.9 Å². The Labute approximate surface area is 112 Å². The molecule has 0 radical (unpaired) electrons. The summed E-state index contributed by atoms with van der Waals surface area (Å²) in [5.74, 6) is 0. The third-order valence-corrected chi connectivity index (χ3v) is 3.52. The highest BCUT2D eigenvalue weighted by molar-refractivity contribution is 9.08. The van der Waals surface area contributed by atoms with Crippen LogP contribution in [0.5, 0.6) is 0 Å². The van der Waals surface area contributed by atoms with E-state index in [1.165, 1.54) is 12.1 Å². The second-order valence-electron chi connectivity index (χ2n) is 4.07. The highest BCUT2D eigenvalue weighted by Gasteiger charge is 2.33. The van der Waals surface area contributed by atoms with Crippen LogP contribution in [0.4, 0.5) is 18.9 Å². The molecular formula is C12H13BrF3NO. The number of halogens is 4. The fourth-order valence-corrected chi connectivity index (χ4v) is 2.45. The van der Waals surface area contributed by atoms with E-state index in [4.69, 9.17) is 4.74 Å². The van der Waals surface area contributed by atoms with Gasteiger partial charge in [-0.15, -0.1) is 0 Å². The number of hydrogen-bond donors (Lipinski definition) is 0. The number of ether oxygens (including phenoxy) is 1. The average molecular weight is 324 g/mol. The zero-order valence-corrected chi connectivity index (χ0v) is 11.2. The van der Waals surface area contributed by atoms with E-state index >= 15 is 0 Å². The molecule has 0 aliphatic carbocycles. The van der Waals surface area contributed by atoms with Gasteiger partial charge >= 0.3 is 6.18 Å². The summed E-state index contributed by atoms with van der Waals surface area (Å²) in [6, 6.07) is 4.49. The van der Waals surface area contributed by atoms with Crippen molar-refractivity contribution in [3.63, 3.8) is 0 Å². The minimum Gasteiger partial charge on any atom is -0.378 e. The SMILES string of the molecule is FC(F)(F)c1cc(N2CCOCC2)ccc1CBr. The van der Waals surface area contributed by atoms with Gasteiger partial charge in [0.15, 0.2) is 0 Å². The van der Waals surface area contributed by atoms with Crippen LogP contribution in [0.1, 0.15) is 11.1 Å². The van der Waals surface area contributed by atoms with Gasteiger partial charge in [-0.25, -0.2) is 0 Å². The minimum atomic E-state index is -4.31. The Morgan fingerprint density at radius 2 is 1.89 bits per heavy atom. The molecule has 1 aromatic rings. The van der Waals surface area contributed by atoms with Crippen LogP contribution < -0.4 is 4.90 Å². The van der Waals surface area contributed by atoms with E-state index in [1.807, 2.05) is 4.90 Å². The molecule has 1 aliphatic heterocycles. The van der Waals surface area contributed by atoms with Gasteiger partial charge in [-0.2, -0.15) is 13.2 Å². The van der Waals surface area contributed by atoms with E-state index in [0.29, 0.717) is 32.0 Å². The first-order valence-electron chi connectivity index (χ1n) is 5.61. The first-order valence-corrected chi connectivity index (χ1v) is 6.73. The number of nitrogens with zero attached hydrogens (tertiary/aromatic N) is 1. The summed E-state index contributed by atoms with van der Waals surface area (Å²) in [6.07, 6.45) is -4.31. The van der Waals surface area contributed by atoms with Gasteiger partial charge in [0.2, 0.25) is 0 Å². The summed E-state index contributed by atoms with van der Waals surface area (Å²) in [5.41, 5.74) is 0.304. The average Bonchev–Trinajstić information content (AvgIpc) is 2.38. The van der Waals surface area contributed by atoms with Crippen molar-refractivity contribution < 1.29 is 17.9 Å². The molecule has 0 N–H and O–H groups in total. The summed E-state index contributed by atoms with van der Waals surface area (Å²) in [5, 5.41) is 0.200. The van der Waals surface area contributed by atoms with Crippen molar-refractivity contribution in [1.82, 2.24) is 0 Å². The summed E-state index contributed by atoms with van der Waals surface area (Å²) < 4.78 is 43.9. The fraction of sp³-hybridized carbons (Fsp3) is 0.500. The van der Waals surface area contributed by atoms with E-state index in [-0.39, 0.29) is 10.9 Å². The maximum atomic E-state index is 12.9. The number of rotatable bonds is 2. The molecule has 2 rings (SSSR count). The minimum absolute atomic E-state index is 0.200. The molecule has 1 aliphatic rings. The smallest absolute Gasteiger partial charge is 0.378 e. The van der Waals surface area contributed by atoms with Gasteiger partial charge < -0.3 is 9.64 Å². The normalized spacial score (nSPS) is 17.0. The molecule has 0 aromatic heterocycles. The van der Waals surface area contributed by atoms with Gasteiger partial charge in [0.05, 0.1) is 18.8 Å². The van der Waals surface area contributed by atoms with Gasteiger partial charge in [0.1, 0.15) is 0 Å². The van der Waals surface area contributed by atoms with Crippen LogP contribution in [-0.4, -0.2) is 26.3 Å². The molecule has 1 saturated heterocycles. The van der Waals surface area contributed by atoms with Crippen molar-refractivity contribution >= 4 is 21.6 Å². The maximum Gasteiger partial charge on any atom is 0.416 e. The Kier molecular flexibility index (Phi) is 4.17. The van der Waals surface area contributed by atoms with Crippen LogP contribution in [0.15, 0.2) is 18.2 Å². The topological polar surface area (TPSA) is 12.5 Å². The quantitative estimate of drug-likeness (QED) is 0.773. The van der Waals surface area contributed by atoms with Gasteiger partial charge in [0, 0.05) is 24.1 Å². The lowest BCUT2D eigenvalue weighted by atomic mass is 10.1. The van der Waals surface area contributed by atoms with Crippen molar-refractivity contribution in [2.75, 3.05) is 31.2 Å². The lowest BCUT2D eigenvalue weighted by Gasteiger charge is -2.29. The number of anilines is 1. The summed E-state index contributed by atoms with van der Waals surface area (Å²) in [4.78, 5) is 1.91. The number of hydrogen-bond acceptors (Lipinski definition) is 2. The lowest BCUT2D eigenvalue weighted by molar-refractivity contribution is -0.138. The molecule has 0 unspecified atom stereocenters. The molecule has 1 aromatic carbocycles. The van der Waals surface area contributed by atoms with Gasteiger partial charge in [-0.1, -0.05) is 22.0 Å². The Morgan fingerprint density at radius 1 is 1.22 bits per heavy atom. The number of alkyl halides is 4. The number of morpholine rings is 1. The fourth-order valence-electron chi connectivity index (χ4n) is 1.96. The van der Waals surface area contributed by atoms with E-state index in [1.54, 1.807) is 6.07 Å². The van der Waals surface area contributed by atoms with Crippen LogP contribution in [0, 0.1) is 0 Å². The third kappa shape index (κ3) is 2.98. The van der Waals surface area contributed by atoms with Crippen molar-refractivity contribution in [1.29, 1.82) is 0 Å². The van der Waals surface area contributed by atoms with Crippen molar-refractivity contribution in [3.8, 4) is 0 Å². The molecule has 0 spiro atoms. The van der Waals surface area contributed by atoms with Gasteiger partial charge in [-0.3, -0.25) is 0 Å². The predicted molar refractivity (Wildman–Crippen MR) is 67.1 cm³/mol. The summed E-state index contributed by atoms with van der Waals surface area (Å²) >= 11 is 3.09. The van der Waals surface area contributed by atoms with Crippen LogP contribution in [0.3, 0.4) is 0 Å². The Balaban J connectivity index is 2.33. The standard InChI is InChI=1S/C12H13BrF3NO/c13-8-9-1-2-10(7-11(9)12(14,15)16)17-3-5-18-6-4-17/h1-2,7H,3-6,8H2. The molecule has 2 nitrogen and oxygen atoms in total. The monoisotopic (exact) mass is 323 g/mol. The zero-order chi connectivity index (χ0) is 13.2. The van der Waals surface area contributed by atoms with Crippen LogP contribution in [-0.2, 0) is 16.2 Å². The Hall–Kier alpha value is -0.750. The second-order valence-corrected chi connectivity index (χ2v) is 4.63. The first kappa shape index (κ1) is 13.7. The molecule has 18 heavy (non-hydrogen) atoms. The largest absolute Gasteiger partial charge is 0.416 e. The molecule has 0 amide bonds. The highest BCUT2D eigenvalue weighted by atomic mass is 79.9. The number of benzene rings is 1. The molecule has 6 heteroatoms. The Morgan fingerprint density at radius 3 is 2.44 bits per heavy atom. The Bertz CT molecular complexity index is 416. The zero-order valence-electron chi connectivity index (χ0n) is 9.63. The van der Waals surface area contributed by atoms with Crippen LogP contribution >= 0.6 is 15.9 Å². The lowest BCUT2D eigenvalue weighted by Crippen LogP contribution is -2.36. The van der Waals surface area contributed by atoms with Crippen LogP contribution in [0.2, 0.25) is 0 Å². The van der Waals surface area contributed by atoms with Crippen molar-refractivity contribution in [2.24, 2.45) is 0 Å². The van der Waals surface area contributed by atoms with Crippen LogP contribution in [0.25, 0.3) is 0 Å². The molecule has 0 bridgehead atoms. The van der Waals surface area contributed by atoms with Gasteiger partial charge in [0.25, 0.3) is 0 Å². The third-order valence-electron chi connectivity index (χ3n) is 2.92. The molecular weight excluding hydrogens is 311 g/mol. The second kappa shape index (κ2) is 5.48. The molecule has 0 atom stereocenters. The van der Waals surface area contributed by atoms with E-state index in [0.717, 1.165) is 0 Å². The molecule has 100 valence electrons. The summed E-state index contributed by atoms with van der Waals surface area (Å²) in [7, 11) is 0. The van der Waals surface area contributed by atoms with Gasteiger partial charge in [-0.05, 0) is 17.7 Å². The molecule has 1 heterocycles. The first-order chi connectivity index (χ1) is 8.52. The molecule has 0 saturated carbocycles. The maximum absolute atomic E-state index is 12.9. The van der Waals surface area contributed by atoms with E-state index < -0.39 is 11.7 Å². The van der Waals surface area contributed by atoms with Crippen molar-refractivity contribution in [3.05, 3.63) is 29.3 Å².